The number of nitrogens with zero attached hydrogens (tertiary/aromatic N) is 1. The summed E-state index contributed by atoms with van der Waals surface area (Å²) in [6, 6.07) is 6.99. The third-order valence-electron chi connectivity index (χ3n) is 4.53. The molecule has 0 aromatic heterocycles. The molecule has 4 nitrogen and oxygen atoms in total. The van der Waals surface area contributed by atoms with Crippen LogP contribution in [0.25, 0.3) is 0 Å². The van der Waals surface area contributed by atoms with Crippen molar-refractivity contribution in [3.8, 4) is 0 Å². The van der Waals surface area contributed by atoms with Gasteiger partial charge in [0.25, 0.3) is 0 Å². The summed E-state index contributed by atoms with van der Waals surface area (Å²) >= 11 is 0. The van der Waals surface area contributed by atoms with Gasteiger partial charge in [-0.1, -0.05) is 25.5 Å². The van der Waals surface area contributed by atoms with Crippen molar-refractivity contribution in [1.29, 1.82) is 0 Å². The third kappa shape index (κ3) is 7.90. The fraction of sp³-hybridized carbons (Fsp3) is 0.632. The standard InChI is InChI=1S/C19H30FN3OS.HI/c1-3-21-19(22-12-11-15-7-5-8-16(20)13-15)23-17-9-6-10-18(14-17)25(24)4-2;/h5,7-8,13,17-18H,3-4,6,9-12,14H2,1-2H3,(H2,21,22,23);1H. The van der Waals surface area contributed by atoms with Crippen molar-refractivity contribution in [3.63, 3.8) is 0 Å². The average molecular weight is 495 g/mol. The van der Waals surface area contributed by atoms with Crippen LogP contribution in [0.1, 0.15) is 45.1 Å². The Balaban J connectivity index is 0.00000338. The van der Waals surface area contributed by atoms with E-state index >= 15 is 0 Å². The van der Waals surface area contributed by atoms with Crippen molar-refractivity contribution < 1.29 is 8.60 Å². The molecule has 1 saturated carbocycles. The molecule has 1 aliphatic carbocycles. The molecule has 26 heavy (non-hydrogen) atoms. The van der Waals surface area contributed by atoms with E-state index in [9.17, 15) is 8.60 Å². The molecule has 2 N–H and O–H groups in total. The van der Waals surface area contributed by atoms with Crippen LogP contribution in [0, 0.1) is 5.82 Å². The number of hydrogen-bond donors (Lipinski definition) is 2. The molecule has 0 aliphatic heterocycles. The maximum absolute atomic E-state index is 13.2. The van der Waals surface area contributed by atoms with Crippen molar-refractivity contribution in [2.75, 3.05) is 18.8 Å². The van der Waals surface area contributed by atoms with Gasteiger partial charge < -0.3 is 10.6 Å². The molecule has 2 rings (SSSR count). The summed E-state index contributed by atoms with van der Waals surface area (Å²) < 4.78 is 25.3. The minimum Gasteiger partial charge on any atom is -0.357 e. The molecule has 0 spiro atoms. The van der Waals surface area contributed by atoms with Crippen molar-refractivity contribution in [1.82, 2.24) is 10.6 Å². The van der Waals surface area contributed by atoms with E-state index in [0.717, 1.165) is 49.5 Å². The minimum absolute atomic E-state index is 0. The van der Waals surface area contributed by atoms with Gasteiger partial charge in [0, 0.05) is 40.9 Å². The molecule has 3 unspecified atom stereocenters. The predicted molar refractivity (Wildman–Crippen MR) is 119 cm³/mol. The zero-order valence-electron chi connectivity index (χ0n) is 15.7. The molecule has 7 heteroatoms. The molecule has 0 saturated heterocycles. The van der Waals surface area contributed by atoms with Gasteiger partial charge in [0.2, 0.25) is 0 Å². The van der Waals surface area contributed by atoms with E-state index in [1.165, 1.54) is 6.07 Å². The van der Waals surface area contributed by atoms with Crippen LogP contribution in [0.15, 0.2) is 29.3 Å². The molecule has 1 aliphatic rings. The van der Waals surface area contributed by atoms with E-state index in [1.807, 2.05) is 19.9 Å². The number of hydrogen-bond acceptors (Lipinski definition) is 2. The van der Waals surface area contributed by atoms with Crippen LogP contribution in [0.3, 0.4) is 0 Å². The van der Waals surface area contributed by atoms with Crippen molar-refractivity contribution in [2.24, 2.45) is 4.99 Å². The highest BCUT2D eigenvalue weighted by Gasteiger charge is 2.25. The molecule has 1 fully saturated rings. The zero-order valence-corrected chi connectivity index (χ0v) is 18.8. The van der Waals surface area contributed by atoms with Crippen molar-refractivity contribution >= 4 is 40.7 Å². The Labute approximate surface area is 176 Å². The Bertz CT molecular complexity index is 600. The van der Waals surface area contributed by atoms with E-state index in [1.54, 1.807) is 12.1 Å². The molecule has 0 bridgehead atoms. The summed E-state index contributed by atoms with van der Waals surface area (Å²) in [4.78, 5) is 4.62. The van der Waals surface area contributed by atoms with E-state index < -0.39 is 10.8 Å². The van der Waals surface area contributed by atoms with E-state index in [0.29, 0.717) is 24.3 Å². The lowest BCUT2D eigenvalue weighted by Crippen LogP contribution is -2.46. The summed E-state index contributed by atoms with van der Waals surface area (Å²) in [7, 11) is -0.721. The first-order valence-corrected chi connectivity index (χ1v) is 10.7. The van der Waals surface area contributed by atoms with E-state index in [4.69, 9.17) is 0 Å². The van der Waals surface area contributed by atoms with Gasteiger partial charge in [-0.3, -0.25) is 9.20 Å². The number of nitrogens with one attached hydrogen (secondary N) is 2. The molecular weight excluding hydrogens is 464 g/mol. The fourth-order valence-corrected chi connectivity index (χ4v) is 4.60. The first-order valence-electron chi connectivity index (χ1n) is 9.28. The van der Waals surface area contributed by atoms with E-state index in [-0.39, 0.29) is 29.8 Å². The maximum Gasteiger partial charge on any atom is 0.191 e. The van der Waals surface area contributed by atoms with Gasteiger partial charge in [-0.25, -0.2) is 4.39 Å². The second kappa shape index (κ2) is 12.6. The molecule has 1 aromatic carbocycles. The molecule has 148 valence electrons. The van der Waals surface area contributed by atoms with Gasteiger partial charge in [-0.05, 0) is 50.3 Å². The number of rotatable bonds is 7. The SMILES string of the molecule is CCNC(=NCCc1cccc(F)c1)NC1CCCC(S(=O)CC)C1.I. The van der Waals surface area contributed by atoms with Crippen LogP contribution >= 0.6 is 24.0 Å². The lowest BCUT2D eigenvalue weighted by Gasteiger charge is -2.30. The van der Waals surface area contributed by atoms with Gasteiger partial charge in [0.1, 0.15) is 5.82 Å². The smallest absolute Gasteiger partial charge is 0.191 e. The summed E-state index contributed by atoms with van der Waals surface area (Å²) in [6.45, 7) is 5.43. The first kappa shape index (κ1) is 23.3. The first-order chi connectivity index (χ1) is 12.1. The van der Waals surface area contributed by atoms with Crippen molar-refractivity contribution in [3.05, 3.63) is 35.6 Å². The van der Waals surface area contributed by atoms with E-state index in [2.05, 4.69) is 15.6 Å². The van der Waals surface area contributed by atoms with Crippen LogP contribution in [0.5, 0.6) is 0 Å². The van der Waals surface area contributed by atoms with Crippen molar-refractivity contribution in [2.45, 2.75) is 57.2 Å². The number of benzene rings is 1. The second-order valence-corrected chi connectivity index (χ2v) is 8.45. The van der Waals surface area contributed by atoms with Gasteiger partial charge in [0.05, 0.1) is 0 Å². The average Bonchev–Trinajstić information content (AvgIpc) is 2.61. The fourth-order valence-electron chi connectivity index (χ4n) is 3.25. The third-order valence-corrected chi connectivity index (χ3v) is 6.27. The predicted octanol–water partition coefficient (Wildman–Crippen LogP) is 3.62. The molecule has 0 heterocycles. The molecule has 3 atom stereocenters. The number of guanidine groups is 1. The largest absolute Gasteiger partial charge is 0.357 e. The Hall–Kier alpha value is -0.700. The Morgan fingerprint density at radius 1 is 1.35 bits per heavy atom. The Kier molecular flexibility index (Phi) is 11.4. The highest BCUT2D eigenvalue weighted by molar-refractivity contribution is 14.0. The van der Waals surface area contributed by atoms with Gasteiger partial charge >= 0.3 is 0 Å². The lowest BCUT2D eigenvalue weighted by molar-refractivity contribution is 0.413. The molecule has 0 amide bonds. The second-order valence-electron chi connectivity index (χ2n) is 6.44. The number of halogens is 2. The molecule has 1 aromatic rings. The summed E-state index contributed by atoms with van der Waals surface area (Å²) in [6.07, 6.45) is 4.91. The minimum atomic E-state index is -0.721. The highest BCUT2D eigenvalue weighted by Crippen LogP contribution is 2.23. The summed E-state index contributed by atoms with van der Waals surface area (Å²) in [5.74, 6) is 1.33. The van der Waals surface area contributed by atoms with Gasteiger partial charge in [-0.15, -0.1) is 24.0 Å². The summed E-state index contributed by atoms with van der Waals surface area (Å²) in [5.41, 5.74) is 0.954. The zero-order chi connectivity index (χ0) is 18.1. The normalized spacial score (nSPS) is 21.6. The monoisotopic (exact) mass is 495 g/mol. The van der Waals surface area contributed by atoms with Gasteiger partial charge in [-0.2, -0.15) is 0 Å². The van der Waals surface area contributed by atoms with Crippen LogP contribution in [0.4, 0.5) is 4.39 Å². The van der Waals surface area contributed by atoms with Crippen LogP contribution < -0.4 is 10.6 Å². The van der Waals surface area contributed by atoms with Crippen LogP contribution in [-0.2, 0) is 17.2 Å². The molecular formula is C19H31FIN3OS. The van der Waals surface area contributed by atoms with Crippen LogP contribution in [0.2, 0.25) is 0 Å². The highest BCUT2D eigenvalue weighted by atomic mass is 127. The Morgan fingerprint density at radius 2 is 2.15 bits per heavy atom. The summed E-state index contributed by atoms with van der Waals surface area (Å²) in [5, 5.41) is 7.07. The quantitative estimate of drug-likeness (QED) is 0.345. The van der Waals surface area contributed by atoms with Gasteiger partial charge in [0.15, 0.2) is 5.96 Å². The van der Waals surface area contributed by atoms with Crippen LogP contribution in [-0.4, -0.2) is 40.3 Å². The maximum atomic E-state index is 13.2. The topological polar surface area (TPSA) is 53.5 Å². The number of aliphatic imine (C=N–C) groups is 1. The Morgan fingerprint density at radius 3 is 2.85 bits per heavy atom. The lowest BCUT2D eigenvalue weighted by atomic mass is 9.95. The molecule has 0 radical (unpaired) electrons.